The van der Waals surface area contributed by atoms with Gasteiger partial charge in [-0.3, -0.25) is 0 Å². The van der Waals surface area contributed by atoms with Crippen LogP contribution in [0.4, 0.5) is 0 Å². The topological polar surface area (TPSA) is 9.23 Å². The maximum atomic E-state index is 5.96. The minimum absolute atomic E-state index is 0.575. The molecule has 3 rings (SSSR count). The van der Waals surface area contributed by atoms with Gasteiger partial charge in [-0.1, -0.05) is 103 Å². The van der Waals surface area contributed by atoms with Gasteiger partial charge in [0, 0.05) is 5.56 Å². The third-order valence-electron chi connectivity index (χ3n) is 3.63. The fourth-order valence-electron chi connectivity index (χ4n) is 2.38. The summed E-state index contributed by atoms with van der Waals surface area (Å²) in [5.41, 5.74) is 3.43. The van der Waals surface area contributed by atoms with Crippen molar-refractivity contribution >= 4 is 12.2 Å². The van der Waals surface area contributed by atoms with Gasteiger partial charge in [-0.25, -0.2) is 0 Å². The number of allylic oxidation sites excluding steroid dienone is 2. The smallest absolute Gasteiger partial charge is 0.127 e. The first-order valence-electron chi connectivity index (χ1n) is 8.07. The quantitative estimate of drug-likeness (QED) is 0.508. The van der Waals surface area contributed by atoms with Crippen molar-refractivity contribution in [2.75, 3.05) is 0 Å². The molecule has 118 valence electrons. The van der Waals surface area contributed by atoms with Gasteiger partial charge in [0.25, 0.3) is 0 Å². The summed E-state index contributed by atoms with van der Waals surface area (Å²) in [7, 11) is 0. The Hall–Kier alpha value is -3.06. The number of rotatable bonds is 6. The van der Waals surface area contributed by atoms with Gasteiger partial charge >= 0.3 is 0 Å². The van der Waals surface area contributed by atoms with Crippen LogP contribution in [-0.4, -0.2) is 0 Å². The second kappa shape index (κ2) is 8.54. The molecular formula is C23H20O. The zero-order chi connectivity index (χ0) is 16.5. The molecule has 0 atom stereocenters. The van der Waals surface area contributed by atoms with Gasteiger partial charge in [0.05, 0.1) is 0 Å². The molecule has 3 aromatic rings. The lowest BCUT2D eigenvalue weighted by molar-refractivity contribution is 0.305. The Balaban J connectivity index is 1.65. The Morgan fingerprint density at radius 3 is 2.04 bits per heavy atom. The first-order chi connectivity index (χ1) is 11.9. The van der Waals surface area contributed by atoms with E-state index in [0.29, 0.717) is 6.61 Å². The van der Waals surface area contributed by atoms with Crippen LogP contribution in [0, 0.1) is 0 Å². The third-order valence-corrected chi connectivity index (χ3v) is 3.63. The number of benzene rings is 3. The van der Waals surface area contributed by atoms with Crippen LogP contribution >= 0.6 is 0 Å². The zero-order valence-corrected chi connectivity index (χ0v) is 13.5. The van der Waals surface area contributed by atoms with Gasteiger partial charge in [0.15, 0.2) is 0 Å². The Labute approximate surface area is 143 Å². The van der Waals surface area contributed by atoms with E-state index >= 15 is 0 Å². The van der Waals surface area contributed by atoms with Gasteiger partial charge < -0.3 is 4.74 Å². The molecule has 0 unspecified atom stereocenters. The molecule has 0 aliphatic carbocycles. The average Bonchev–Trinajstić information content (AvgIpc) is 2.66. The number of hydrogen-bond donors (Lipinski definition) is 0. The lowest BCUT2D eigenvalue weighted by Gasteiger charge is -2.09. The molecule has 3 aromatic carbocycles. The summed E-state index contributed by atoms with van der Waals surface area (Å²) in [5, 5.41) is 0. The Morgan fingerprint density at radius 1 is 0.625 bits per heavy atom. The lowest BCUT2D eigenvalue weighted by atomic mass is 10.1. The van der Waals surface area contributed by atoms with Gasteiger partial charge in [0.2, 0.25) is 0 Å². The minimum Gasteiger partial charge on any atom is -0.488 e. The molecular weight excluding hydrogens is 292 g/mol. The van der Waals surface area contributed by atoms with Crippen molar-refractivity contribution < 1.29 is 4.74 Å². The summed E-state index contributed by atoms with van der Waals surface area (Å²) >= 11 is 0. The van der Waals surface area contributed by atoms with Crippen molar-refractivity contribution in [3.63, 3.8) is 0 Å². The Morgan fingerprint density at radius 2 is 1.25 bits per heavy atom. The van der Waals surface area contributed by atoms with E-state index in [1.807, 2.05) is 66.7 Å². The molecule has 0 radical (unpaired) electrons. The van der Waals surface area contributed by atoms with Gasteiger partial charge in [-0.2, -0.15) is 0 Å². The summed E-state index contributed by atoms with van der Waals surface area (Å²) in [4.78, 5) is 0. The van der Waals surface area contributed by atoms with Crippen LogP contribution in [0.5, 0.6) is 5.75 Å². The number of hydrogen-bond acceptors (Lipinski definition) is 1. The first kappa shape index (κ1) is 15.8. The standard InChI is InChI=1S/C23H20O/c1-3-11-20(12-4-1)13-7-8-16-22-17-9-10-18-23(22)24-19-21-14-5-2-6-15-21/h1-18H,19H2/b13-7+,16-8+. The predicted octanol–water partition coefficient (Wildman–Crippen LogP) is 5.99. The van der Waals surface area contributed by atoms with Crippen LogP contribution in [-0.2, 0) is 6.61 Å². The second-order valence-corrected chi connectivity index (χ2v) is 5.44. The molecule has 0 aromatic heterocycles. The normalized spacial score (nSPS) is 11.2. The molecule has 0 N–H and O–H groups in total. The molecule has 0 fully saturated rings. The van der Waals surface area contributed by atoms with E-state index in [0.717, 1.165) is 11.3 Å². The van der Waals surface area contributed by atoms with E-state index in [-0.39, 0.29) is 0 Å². The maximum absolute atomic E-state index is 5.96. The largest absolute Gasteiger partial charge is 0.488 e. The molecule has 0 aliphatic heterocycles. The Bertz CT molecular complexity index is 802. The van der Waals surface area contributed by atoms with Crippen molar-refractivity contribution in [1.82, 2.24) is 0 Å². The van der Waals surface area contributed by atoms with Crippen molar-refractivity contribution in [3.05, 3.63) is 114 Å². The van der Waals surface area contributed by atoms with E-state index in [1.165, 1.54) is 11.1 Å². The van der Waals surface area contributed by atoms with Crippen molar-refractivity contribution in [2.24, 2.45) is 0 Å². The van der Waals surface area contributed by atoms with Crippen LogP contribution < -0.4 is 4.74 Å². The molecule has 0 amide bonds. The maximum Gasteiger partial charge on any atom is 0.127 e. The van der Waals surface area contributed by atoms with Gasteiger partial charge in [-0.15, -0.1) is 0 Å². The molecule has 0 spiro atoms. The highest BCUT2D eigenvalue weighted by Gasteiger charge is 2.00. The molecule has 0 saturated carbocycles. The number of ether oxygens (including phenoxy) is 1. The average molecular weight is 312 g/mol. The second-order valence-electron chi connectivity index (χ2n) is 5.44. The van der Waals surface area contributed by atoms with Crippen LogP contribution in [0.25, 0.3) is 12.2 Å². The molecule has 0 aliphatic rings. The van der Waals surface area contributed by atoms with E-state index in [2.05, 4.69) is 42.5 Å². The summed E-state index contributed by atoms with van der Waals surface area (Å²) in [6, 6.07) is 28.6. The molecule has 1 nitrogen and oxygen atoms in total. The van der Waals surface area contributed by atoms with Crippen LogP contribution in [0.3, 0.4) is 0 Å². The van der Waals surface area contributed by atoms with Crippen molar-refractivity contribution in [2.45, 2.75) is 6.61 Å². The molecule has 0 bridgehead atoms. The van der Waals surface area contributed by atoms with E-state index < -0.39 is 0 Å². The Kier molecular flexibility index (Phi) is 5.63. The first-order valence-corrected chi connectivity index (χ1v) is 8.07. The fourth-order valence-corrected chi connectivity index (χ4v) is 2.38. The van der Waals surface area contributed by atoms with Crippen LogP contribution in [0.15, 0.2) is 97.1 Å². The molecule has 0 saturated heterocycles. The predicted molar refractivity (Wildman–Crippen MR) is 102 cm³/mol. The fraction of sp³-hybridized carbons (Fsp3) is 0.0435. The summed E-state index contributed by atoms with van der Waals surface area (Å²) in [5.74, 6) is 0.894. The highest BCUT2D eigenvalue weighted by Crippen LogP contribution is 2.21. The van der Waals surface area contributed by atoms with E-state index in [4.69, 9.17) is 4.74 Å². The summed E-state index contributed by atoms with van der Waals surface area (Å²) in [6.07, 6.45) is 8.24. The monoisotopic (exact) mass is 312 g/mol. The van der Waals surface area contributed by atoms with Crippen molar-refractivity contribution in [1.29, 1.82) is 0 Å². The van der Waals surface area contributed by atoms with Gasteiger partial charge in [-0.05, 0) is 17.2 Å². The SMILES string of the molecule is C(/C=C/c1ccccc1OCc1ccccc1)=C\c1ccccc1. The highest BCUT2D eigenvalue weighted by molar-refractivity contribution is 5.61. The van der Waals surface area contributed by atoms with Crippen LogP contribution in [0.2, 0.25) is 0 Å². The molecule has 1 heteroatoms. The zero-order valence-electron chi connectivity index (χ0n) is 13.5. The summed E-state index contributed by atoms with van der Waals surface area (Å²) < 4.78 is 5.96. The van der Waals surface area contributed by atoms with Gasteiger partial charge in [0.1, 0.15) is 12.4 Å². The van der Waals surface area contributed by atoms with E-state index in [9.17, 15) is 0 Å². The lowest BCUT2D eigenvalue weighted by Crippen LogP contribution is -1.96. The van der Waals surface area contributed by atoms with Crippen molar-refractivity contribution in [3.8, 4) is 5.75 Å². The third kappa shape index (κ3) is 4.72. The molecule has 24 heavy (non-hydrogen) atoms. The number of para-hydroxylation sites is 1. The minimum atomic E-state index is 0.575. The van der Waals surface area contributed by atoms with E-state index in [1.54, 1.807) is 0 Å². The highest BCUT2D eigenvalue weighted by atomic mass is 16.5. The summed E-state index contributed by atoms with van der Waals surface area (Å²) in [6.45, 7) is 0.575. The van der Waals surface area contributed by atoms with Crippen LogP contribution in [0.1, 0.15) is 16.7 Å². The molecule has 0 heterocycles.